The van der Waals surface area contributed by atoms with Crippen LogP contribution in [0.5, 0.6) is 0 Å². The van der Waals surface area contributed by atoms with E-state index in [9.17, 15) is 5.11 Å². The van der Waals surface area contributed by atoms with Crippen molar-refractivity contribution in [3.05, 3.63) is 0 Å². The first-order valence-corrected chi connectivity index (χ1v) is 6.75. The van der Waals surface area contributed by atoms with Gasteiger partial charge in [-0.15, -0.1) is 0 Å². The van der Waals surface area contributed by atoms with Crippen LogP contribution in [0, 0.1) is 0 Å². The maximum Gasteiger partial charge on any atom is 0.0702 e. The lowest BCUT2D eigenvalue weighted by Crippen LogP contribution is -2.54. The van der Waals surface area contributed by atoms with Gasteiger partial charge in [-0.1, -0.05) is 6.92 Å². The molecule has 0 bridgehead atoms. The zero-order valence-electron chi connectivity index (χ0n) is 11.5. The third-order valence-corrected chi connectivity index (χ3v) is 3.31. The third-order valence-electron chi connectivity index (χ3n) is 3.31. The molecule has 0 spiro atoms. The minimum absolute atomic E-state index is 0.170. The van der Waals surface area contributed by atoms with Gasteiger partial charge in [-0.2, -0.15) is 0 Å². The van der Waals surface area contributed by atoms with Crippen molar-refractivity contribution < 1.29 is 9.84 Å². The number of nitrogens with one attached hydrogen (secondary N) is 1. The Labute approximate surface area is 105 Å². The standard InChI is InChI=1S/C13H28N2O2/c1-4-7-14-13(2,11-16)10-15(3)9-12-6-5-8-17-12/h12,14,16H,4-11H2,1-3H3. The second-order valence-electron chi connectivity index (χ2n) is 5.48. The van der Waals surface area contributed by atoms with Crippen molar-refractivity contribution in [1.29, 1.82) is 0 Å². The van der Waals surface area contributed by atoms with Gasteiger partial charge in [0.05, 0.1) is 18.2 Å². The first-order chi connectivity index (χ1) is 8.09. The topological polar surface area (TPSA) is 44.7 Å². The zero-order chi connectivity index (χ0) is 12.7. The number of aliphatic hydroxyl groups excluding tert-OH is 1. The summed E-state index contributed by atoms with van der Waals surface area (Å²) in [6, 6.07) is 0. The van der Waals surface area contributed by atoms with E-state index in [2.05, 4.69) is 31.1 Å². The molecular formula is C13H28N2O2. The fraction of sp³-hybridized carbons (Fsp3) is 1.00. The molecule has 0 aromatic carbocycles. The molecule has 2 unspecified atom stereocenters. The average Bonchev–Trinajstić information content (AvgIpc) is 2.79. The molecule has 0 amide bonds. The van der Waals surface area contributed by atoms with Gasteiger partial charge in [0.1, 0.15) is 0 Å². The predicted octanol–water partition coefficient (Wildman–Crippen LogP) is 0.848. The summed E-state index contributed by atoms with van der Waals surface area (Å²) in [6.45, 7) is 8.06. The molecular weight excluding hydrogens is 216 g/mol. The van der Waals surface area contributed by atoms with E-state index in [0.717, 1.165) is 32.7 Å². The Morgan fingerprint density at radius 2 is 2.29 bits per heavy atom. The van der Waals surface area contributed by atoms with Crippen LogP contribution in [0.2, 0.25) is 0 Å². The molecule has 1 heterocycles. The van der Waals surface area contributed by atoms with Gasteiger partial charge in [-0.25, -0.2) is 0 Å². The van der Waals surface area contributed by atoms with Crippen LogP contribution in [-0.4, -0.2) is 61.5 Å². The number of likely N-dealkylation sites (N-methyl/N-ethyl adjacent to an activating group) is 1. The van der Waals surface area contributed by atoms with E-state index in [1.165, 1.54) is 12.8 Å². The normalized spacial score (nSPS) is 24.2. The molecule has 0 aromatic rings. The highest BCUT2D eigenvalue weighted by Crippen LogP contribution is 2.14. The van der Waals surface area contributed by atoms with Crippen LogP contribution in [0.15, 0.2) is 0 Å². The number of aliphatic hydroxyl groups is 1. The summed E-state index contributed by atoms with van der Waals surface area (Å²) in [5.74, 6) is 0. The minimum atomic E-state index is -0.205. The van der Waals surface area contributed by atoms with Gasteiger partial charge in [0.15, 0.2) is 0 Å². The Morgan fingerprint density at radius 1 is 1.53 bits per heavy atom. The Hall–Kier alpha value is -0.160. The average molecular weight is 244 g/mol. The van der Waals surface area contributed by atoms with Crippen LogP contribution in [0.1, 0.15) is 33.1 Å². The summed E-state index contributed by atoms with van der Waals surface area (Å²) in [7, 11) is 2.10. The number of ether oxygens (including phenoxy) is 1. The summed E-state index contributed by atoms with van der Waals surface area (Å²) >= 11 is 0. The number of nitrogens with zero attached hydrogens (tertiary/aromatic N) is 1. The lowest BCUT2D eigenvalue weighted by atomic mass is 10.0. The third kappa shape index (κ3) is 5.34. The lowest BCUT2D eigenvalue weighted by Gasteiger charge is -2.34. The summed E-state index contributed by atoms with van der Waals surface area (Å²) in [5.41, 5.74) is -0.205. The molecule has 1 rings (SSSR count). The Balaban J connectivity index is 2.32. The van der Waals surface area contributed by atoms with Crippen LogP contribution in [0.3, 0.4) is 0 Å². The Morgan fingerprint density at radius 3 is 2.82 bits per heavy atom. The predicted molar refractivity (Wildman–Crippen MR) is 70.3 cm³/mol. The van der Waals surface area contributed by atoms with Gasteiger partial charge in [0.2, 0.25) is 0 Å². The van der Waals surface area contributed by atoms with Gasteiger partial charge >= 0.3 is 0 Å². The molecule has 102 valence electrons. The molecule has 0 aromatic heterocycles. The SMILES string of the molecule is CCCNC(C)(CO)CN(C)CC1CCCO1. The highest BCUT2D eigenvalue weighted by atomic mass is 16.5. The molecule has 4 heteroatoms. The van der Waals surface area contributed by atoms with Crippen molar-refractivity contribution in [3.63, 3.8) is 0 Å². The quantitative estimate of drug-likeness (QED) is 0.664. The van der Waals surface area contributed by atoms with E-state index in [0.29, 0.717) is 6.10 Å². The van der Waals surface area contributed by atoms with Crippen LogP contribution in [-0.2, 0) is 4.74 Å². The fourth-order valence-corrected chi connectivity index (χ4v) is 2.38. The first-order valence-electron chi connectivity index (χ1n) is 6.75. The van der Waals surface area contributed by atoms with Crippen molar-refractivity contribution in [2.24, 2.45) is 0 Å². The van der Waals surface area contributed by atoms with E-state index in [-0.39, 0.29) is 12.1 Å². The van der Waals surface area contributed by atoms with Gasteiger partial charge in [-0.3, -0.25) is 0 Å². The van der Waals surface area contributed by atoms with Crippen molar-refractivity contribution in [1.82, 2.24) is 10.2 Å². The molecule has 0 radical (unpaired) electrons. The maximum absolute atomic E-state index is 9.50. The van der Waals surface area contributed by atoms with Crippen LogP contribution >= 0.6 is 0 Å². The Bertz CT molecular complexity index is 208. The second-order valence-corrected chi connectivity index (χ2v) is 5.48. The van der Waals surface area contributed by atoms with Crippen molar-refractivity contribution in [2.45, 2.75) is 44.8 Å². The van der Waals surface area contributed by atoms with Gasteiger partial charge in [-0.05, 0) is 39.8 Å². The van der Waals surface area contributed by atoms with Crippen molar-refractivity contribution >= 4 is 0 Å². The largest absolute Gasteiger partial charge is 0.394 e. The van der Waals surface area contributed by atoms with Crippen LogP contribution in [0.4, 0.5) is 0 Å². The smallest absolute Gasteiger partial charge is 0.0702 e. The molecule has 2 N–H and O–H groups in total. The van der Waals surface area contributed by atoms with Crippen molar-refractivity contribution in [3.8, 4) is 0 Å². The van der Waals surface area contributed by atoms with E-state index >= 15 is 0 Å². The second kappa shape index (κ2) is 7.31. The molecule has 1 fully saturated rings. The molecule has 1 aliphatic rings. The molecule has 1 aliphatic heterocycles. The lowest BCUT2D eigenvalue weighted by molar-refractivity contribution is 0.0632. The zero-order valence-corrected chi connectivity index (χ0v) is 11.5. The Kier molecular flexibility index (Phi) is 6.41. The molecule has 4 nitrogen and oxygen atoms in total. The number of hydrogen-bond donors (Lipinski definition) is 2. The first kappa shape index (κ1) is 14.9. The van der Waals surface area contributed by atoms with Crippen LogP contribution < -0.4 is 5.32 Å². The molecule has 1 saturated heterocycles. The maximum atomic E-state index is 9.50. The minimum Gasteiger partial charge on any atom is -0.394 e. The van der Waals surface area contributed by atoms with Gasteiger partial charge in [0, 0.05) is 19.7 Å². The summed E-state index contributed by atoms with van der Waals surface area (Å²) in [5, 5.41) is 12.9. The summed E-state index contributed by atoms with van der Waals surface area (Å²) < 4.78 is 5.63. The van der Waals surface area contributed by atoms with Crippen LogP contribution in [0.25, 0.3) is 0 Å². The number of rotatable bonds is 8. The fourth-order valence-electron chi connectivity index (χ4n) is 2.38. The van der Waals surface area contributed by atoms with Crippen molar-refractivity contribution in [2.75, 3.05) is 39.9 Å². The van der Waals surface area contributed by atoms with E-state index in [1.54, 1.807) is 0 Å². The van der Waals surface area contributed by atoms with Gasteiger partial charge < -0.3 is 20.1 Å². The molecule has 0 saturated carbocycles. The number of hydrogen-bond acceptors (Lipinski definition) is 4. The summed E-state index contributed by atoms with van der Waals surface area (Å²) in [6.07, 6.45) is 3.83. The van der Waals surface area contributed by atoms with E-state index in [1.807, 2.05) is 0 Å². The van der Waals surface area contributed by atoms with E-state index < -0.39 is 0 Å². The monoisotopic (exact) mass is 244 g/mol. The molecule has 0 aliphatic carbocycles. The molecule has 2 atom stereocenters. The molecule has 17 heavy (non-hydrogen) atoms. The van der Waals surface area contributed by atoms with Gasteiger partial charge in [0.25, 0.3) is 0 Å². The highest BCUT2D eigenvalue weighted by molar-refractivity contribution is 4.86. The van der Waals surface area contributed by atoms with E-state index in [4.69, 9.17) is 4.74 Å². The highest BCUT2D eigenvalue weighted by Gasteiger charge is 2.26. The summed E-state index contributed by atoms with van der Waals surface area (Å²) in [4.78, 5) is 2.26.